The van der Waals surface area contributed by atoms with Gasteiger partial charge in [-0.1, -0.05) is 6.92 Å². The van der Waals surface area contributed by atoms with Gasteiger partial charge in [0.25, 0.3) is 5.91 Å². The highest BCUT2D eigenvalue weighted by molar-refractivity contribution is 7.13. The Labute approximate surface area is 118 Å². The number of carbonyl (C=O) groups is 1. The van der Waals surface area contributed by atoms with Crippen LogP contribution in [0, 0.1) is 6.92 Å². The van der Waals surface area contributed by atoms with E-state index in [0.29, 0.717) is 0 Å². The summed E-state index contributed by atoms with van der Waals surface area (Å²) in [5, 5.41) is 3.12. The summed E-state index contributed by atoms with van der Waals surface area (Å²) >= 11 is 1.67. The Bertz CT molecular complexity index is 423. The van der Waals surface area contributed by atoms with E-state index in [0.717, 1.165) is 43.4 Å². The number of ether oxygens (including phenoxy) is 1. The Kier molecular flexibility index (Phi) is 4.76. The first-order valence-electron chi connectivity index (χ1n) is 6.64. The maximum atomic E-state index is 12.2. The molecule has 5 nitrogen and oxygen atoms in total. The van der Waals surface area contributed by atoms with Gasteiger partial charge in [-0.3, -0.25) is 4.79 Å². The topological polar surface area (TPSA) is 45.7 Å². The predicted molar refractivity (Wildman–Crippen MR) is 76.7 cm³/mol. The molecular formula is C13H21N3O2S. The molecule has 0 aromatic carbocycles. The first-order valence-corrected chi connectivity index (χ1v) is 7.52. The molecule has 0 bridgehead atoms. The van der Waals surface area contributed by atoms with Gasteiger partial charge in [0.1, 0.15) is 6.10 Å². The third-order valence-electron chi connectivity index (χ3n) is 3.40. The molecule has 19 heavy (non-hydrogen) atoms. The van der Waals surface area contributed by atoms with Crippen molar-refractivity contribution in [1.82, 2.24) is 9.88 Å². The van der Waals surface area contributed by atoms with Gasteiger partial charge >= 0.3 is 0 Å². The molecule has 1 aliphatic rings. The number of amides is 1. The van der Waals surface area contributed by atoms with Crippen molar-refractivity contribution in [3.8, 4) is 0 Å². The van der Waals surface area contributed by atoms with Gasteiger partial charge in [0, 0.05) is 38.7 Å². The molecule has 106 valence electrons. The van der Waals surface area contributed by atoms with Gasteiger partial charge in [-0.25, -0.2) is 4.98 Å². The second-order valence-corrected chi connectivity index (χ2v) is 5.55. The van der Waals surface area contributed by atoms with Crippen LogP contribution in [0.3, 0.4) is 0 Å². The van der Waals surface area contributed by atoms with Gasteiger partial charge < -0.3 is 14.5 Å². The summed E-state index contributed by atoms with van der Waals surface area (Å²) in [4.78, 5) is 20.8. The summed E-state index contributed by atoms with van der Waals surface area (Å²) in [6.45, 7) is 7.16. The highest BCUT2D eigenvalue weighted by Crippen LogP contribution is 2.21. The summed E-state index contributed by atoms with van der Waals surface area (Å²) in [6, 6.07) is 0. The number of aryl methyl sites for hydroxylation is 1. The molecule has 0 N–H and O–H groups in total. The lowest BCUT2D eigenvalue weighted by atomic mass is 10.2. The molecule has 0 spiro atoms. The summed E-state index contributed by atoms with van der Waals surface area (Å²) in [5.41, 5.74) is 1.06. The van der Waals surface area contributed by atoms with E-state index in [2.05, 4.69) is 15.3 Å². The Morgan fingerprint density at radius 3 is 2.63 bits per heavy atom. The van der Waals surface area contributed by atoms with Crippen molar-refractivity contribution < 1.29 is 9.53 Å². The number of hydrogen-bond donors (Lipinski definition) is 0. The van der Waals surface area contributed by atoms with Gasteiger partial charge in [0.2, 0.25) is 0 Å². The number of anilines is 1. The quantitative estimate of drug-likeness (QED) is 0.840. The highest BCUT2D eigenvalue weighted by Gasteiger charge is 2.27. The number of methoxy groups -OCH3 is 1. The Balaban J connectivity index is 1.90. The lowest BCUT2D eigenvalue weighted by molar-refractivity contribution is -0.142. The third-order valence-corrected chi connectivity index (χ3v) is 4.42. The lowest BCUT2D eigenvalue weighted by Gasteiger charge is -2.35. The number of carbonyl (C=O) groups excluding carboxylic acids is 1. The van der Waals surface area contributed by atoms with Crippen LogP contribution < -0.4 is 4.90 Å². The number of thiazole rings is 1. The molecule has 1 aromatic heterocycles. The van der Waals surface area contributed by atoms with E-state index in [9.17, 15) is 4.79 Å². The van der Waals surface area contributed by atoms with E-state index < -0.39 is 0 Å². The molecule has 2 heterocycles. The van der Waals surface area contributed by atoms with Crippen LogP contribution in [0.15, 0.2) is 5.38 Å². The molecule has 1 amide bonds. The normalized spacial score (nSPS) is 17.6. The molecule has 1 fully saturated rings. The van der Waals surface area contributed by atoms with Crippen molar-refractivity contribution in [2.45, 2.75) is 26.4 Å². The van der Waals surface area contributed by atoms with Crippen molar-refractivity contribution in [3.63, 3.8) is 0 Å². The molecule has 2 rings (SSSR count). The standard InChI is InChI=1S/C13H21N3O2S/c1-4-11(18-3)12(17)15-5-7-16(8-6-15)13-14-10(2)9-19-13/h9,11H,4-8H2,1-3H3/t11-/m1/s1. The van der Waals surface area contributed by atoms with Crippen LogP contribution in [0.1, 0.15) is 19.0 Å². The molecule has 0 radical (unpaired) electrons. The number of rotatable bonds is 4. The summed E-state index contributed by atoms with van der Waals surface area (Å²) in [6.07, 6.45) is 0.426. The van der Waals surface area contributed by atoms with E-state index in [4.69, 9.17) is 4.74 Å². The average molecular weight is 283 g/mol. The average Bonchev–Trinajstić information content (AvgIpc) is 2.87. The minimum Gasteiger partial charge on any atom is -0.372 e. The van der Waals surface area contributed by atoms with Gasteiger partial charge in [0.05, 0.1) is 5.69 Å². The van der Waals surface area contributed by atoms with Crippen molar-refractivity contribution in [2.75, 3.05) is 38.2 Å². The maximum absolute atomic E-state index is 12.2. The van der Waals surface area contributed by atoms with Gasteiger partial charge in [-0.05, 0) is 13.3 Å². The molecule has 6 heteroatoms. The van der Waals surface area contributed by atoms with Gasteiger partial charge in [0.15, 0.2) is 5.13 Å². The second-order valence-electron chi connectivity index (χ2n) is 4.72. The van der Waals surface area contributed by atoms with Crippen LogP contribution in [0.5, 0.6) is 0 Å². The van der Waals surface area contributed by atoms with Crippen LogP contribution in [0.25, 0.3) is 0 Å². The molecule has 1 saturated heterocycles. The van der Waals surface area contributed by atoms with E-state index >= 15 is 0 Å². The van der Waals surface area contributed by atoms with E-state index in [1.54, 1.807) is 18.4 Å². The van der Waals surface area contributed by atoms with E-state index in [-0.39, 0.29) is 12.0 Å². The van der Waals surface area contributed by atoms with Gasteiger partial charge in [-0.2, -0.15) is 0 Å². The Morgan fingerprint density at radius 2 is 2.16 bits per heavy atom. The molecule has 0 unspecified atom stereocenters. The first-order chi connectivity index (χ1) is 9.15. The Morgan fingerprint density at radius 1 is 1.47 bits per heavy atom. The molecular weight excluding hydrogens is 262 g/mol. The number of piperazine rings is 1. The minimum absolute atomic E-state index is 0.111. The summed E-state index contributed by atoms with van der Waals surface area (Å²) in [7, 11) is 1.60. The molecule has 1 aromatic rings. The lowest BCUT2D eigenvalue weighted by Crippen LogP contribution is -2.51. The number of hydrogen-bond acceptors (Lipinski definition) is 5. The molecule has 1 atom stereocenters. The highest BCUT2D eigenvalue weighted by atomic mass is 32.1. The number of nitrogens with zero attached hydrogens (tertiary/aromatic N) is 3. The van der Waals surface area contributed by atoms with Gasteiger partial charge in [-0.15, -0.1) is 11.3 Å². The van der Waals surface area contributed by atoms with Crippen LogP contribution in [0.4, 0.5) is 5.13 Å². The van der Waals surface area contributed by atoms with Crippen LogP contribution in [0.2, 0.25) is 0 Å². The van der Waals surface area contributed by atoms with Crippen LogP contribution in [-0.4, -0.2) is 55.2 Å². The fraction of sp³-hybridized carbons (Fsp3) is 0.692. The molecule has 1 aliphatic heterocycles. The first kappa shape index (κ1) is 14.3. The molecule has 0 aliphatic carbocycles. The minimum atomic E-state index is -0.298. The zero-order chi connectivity index (χ0) is 13.8. The predicted octanol–water partition coefficient (Wildman–Crippen LogP) is 1.53. The smallest absolute Gasteiger partial charge is 0.251 e. The third kappa shape index (κ3) is 3.25. The van der Waals surface area contributed by atoms with E-state index in [1.165, 1.54) is 0 Å². The monoisotopic (exact) mass is 283 g/mol. The van der Waals surface area contributed by atoms with E-state index in [1.807, 2.05) is 18.7 Å². The number of aromatic nitrogens is 1. The zero-order valence-corrected chi connectivity index (χ0v) is 12.6. The van der Waals surface area contributed by atoms with Crippen LogP contribution >= 0.6 is 11.3 Å². The SMILES string of the molecule is CC[C@@H](OC)C(=O)N1CCN(c2nc(C)cs2)CC1. The maximum Gasteiger partial charge on any atom is 0.251 e. The summed E-state index contributed by atoms with van der Waals surface area (Å²) < 4.78 is 5.21. The Hall–Kier alpha value is -1.14. The zero-order valence-electron chi connectivity index (χ0n) is 11.8. The van der Waals surface area contributed by atoms with Crippen molar-refractivity contribution in [3.05, 3.63) is 11.1 Å². The summed E-state index contributed by atoms with van der Waals surface area (Å²) in [5.74, 6) is 0.111. The molecule has 0 saturated carbocycles. The van der Waals surface area contributed by atoms with Crippen molar-refractivity contribution in [2.24, 2.45) is 0 Å². The largest absolute Gasteiger partial charge is 0.372 e. The van der Waals surface area contributed by atoms with Crippen molar-refractivity contribution >= 4 is 22.4 Å². The second kappa shape index (κ2) is 6.34. The fourth-order valence-corrected chi connectivity index (χ4v) is 3.11. The fourth-order valence-electron chi connectivity index (χ4n) is 2.25. The van der Waals surface area contributed by atoms with Crippen molar-refractivity contribution in [1.29, 1.82) is 0 Å². The van der Waals surface area contributed by atoms with Crippen LogP contribution in [-0.2, 0) is 9.53 Å².